The van der Waals surface area contributed by atoms with Crippen molar-refractivity contribution in [3.05, 3.63) is 35.7 Å². The number of fused-ring (bicyclic) bond motifs is 1. The van der Waals surface area contributed by atoms with E-state index in [-0.39, 0.29) is 12.0 Å². The van der Waals surface area contributed by atoms with Gasteiger partial charge in [-0.3, -0.25) is 10.4 Å². The quantitative estimate of drug-likeness (QED) is 0.327. The molecule has 1 saturated carbocycles. The molecule has 2 fully saturated rings. The fourth-order valence-electron chi connectivity index (χ4n) is 3.81. The number of aromatic nitrogens is 2. The minimum absolute atomic E-state index is 0.145. The molecule has 4 rings (SSSR count). The molecule has 3 heterocycles. The molecule has 9 heteroatoms. The van der Waals surface area contributed by atoms with Crippen LogP contribution >= 0.6 is 0 Å². The highest BCUT2D eigenvalue weighted by molar-refractivity contribution is 6.50. The lowest BCUT2D eigenvalue weighted by Crippen LogP contribution is -2.44. The molecule has 1 atom stereocenters. The van der Waals surface area contributed by atoms with Crippen LogP contribution in [0.4, 0.5) is 5.82 Å². The second-order valence-electron chi connectivity index (χ2n) is 7.65. The number of nitrogens with zero attached hydrogens (tertiary/aromatic N) is 4. The van der Waals surface area contributed by atoms with E-state index in [9.17, 15) is 0 Å². The average Bonchev–Trinajstić information content (AvgIpc) is 3.58. The molecule has 9 nitrogen and oxygen atoms in total. The van der Waals surface area contributed by atoms with E-state index in [1.807, 2.05) is 12.1 Å². The molecule has 2 aromatic heterocycles. The Labute approximate surface area is 174 Å². The molecule has 0 unspecified atom stereocenters. The number of pyridine rings is 2. The van der Waals surface area contributed by atoms with Crippen molar-refractivity contribution in [1.82, 2.24) is 9.97 Å². The van der Waals surface area contributed by atoms with Crippen LogP contribution in [0.15, 0.2) is 29.5 Å². The fourth-order valence-corrected chi connectivity index (χ4v) is 3.81. The average molecular weight is 406 g/mol. The Kier molecular flexibility index (Phi) is 5.45. The second kappa shape index (κ2) is 8.19. The largest absolute Gasteiger partial charge is 0.397 e. The maximum Gasteiger partial charge on any atom is 0.130 e. The summed E-state index contributed by atoms with van der Waals surface area (Å²) in [6, 6.07) is 3.91. The van der Waals surface area contributed by atoms with E-state index in [2.05, 4.69) is 21.9 Å². The molecule has 2 aliphatic rings. The Balaban J connectivity index is 1.94. The van der Waals surface area contributed by atoms with Crippen LogP contribution in [0.3, 0.4) is 0 Å². The smallest absolute Gasteiger partial charge is 0.130 e. The first-order valence-corrected chi connectivity index (χ1v) is 10.0. The number of hydrogen-bond acceptors (Lipinski definition) is 9. The summed E-state index contributed by atoms with van der Waals surface area (Å²) in [6.45, 7) is 4.01. The predicted molar refractivity (Wildman–Crippen MR) is 119 cm³/mol. The highest BCUT2D eigenvalue weighted by atomic mass is 16.5. The van der Waals surface area contributed by atoms with Crippen LogP contribution in [-0.4, -0.2) is 53.4 Å². The summed E-state index contributed by atoms with van der Waals surface area (Å²) < 4.78 is 5.57. The highest BCUT2D eigenvalue weighted by Gasteiger charge is 2.32. The van der Waals surface area contributed by atoms with Crippen LogP contribution in [-0.2, 0) is 4.74 Å². The maximum absolute atomic E-state index is 8.87. The summed E-state index contributed by atoms with van der Waals surface area (Å²) in [4.78, 5) is 11.5. The molecule has 0 radical (unpaired) electrons. The number of anilines is 1. The van der Waals surface area contributed by atoms with Crippen LogP contribution in [0.2, 0.25) is 0 Å². The third-order valence-corrected chi connectivity index (χ3v) is 5.54. The Hall–Kier alpha value is -3.33. The first-order valence-electron chi connectivity index (χ1n) is 10.0. The summed E-state index contributed by atoms with van der Waals surface area (Å²) >= 11 is 0. The number of allylic oxidation sites excluding steroid dienone is 1. The predicted octanol–water partition coefficient (Wildman–Crippen LogP) is 1.90. The van der Waals surface area contributed by atoms with Gasteiger partial charge in [0.2, 0.25) is 0 Å². The number of ether oxygens (including phenoxy) is 1. The third kappa shape index (κ3) is 3.63. The van der Waals surface area contributed by atoms with Gasteiger partial charge < -0.3 is 26.6 Å². The van der Waals surface area contributed by atoms with Crippen LogP contribution in [0.1, 0.15) is 31.0 Å². The number of nitrogens with two attached hydrogens (primary N) is 2. The lowest BCUT2D eigenvalue weighted by molar-refractivity contribution is 0.0986. The second-order valence-corrected chi connectivity index (χ2v) is 7.65. The van der Waals surface area contributed by atoms with Gasteiger partial charge >= 0.3 is 0 Å². The SMILES string of the molecule is C[C@@H]1COCCN1c1cc(C(=N)C(=NN)C2CC2)c2ccnc(/C(N)=C/C=N)c2n1. The van der Waals surface area contributed by atoms with E-state index < -0.39 is 0 Å². The van der Waals surface area contributed by atoms with Crippen molar-refractivity contribution in [3.63, 3.8) is 0 Å². The van der Waals surface area contributed by atoms with Crippen molar-refractivity contribution in [3.8, 4) is 0 Å². The molecule has 156 valence electrons. The van der Waals surface area contributed by atoms with Crippen LogP contribution in [0.5, 0.6) is 0 Å². The molecule has 30 heavy (non-hydrogen) atoms. The van der Waals surface area contributed by atoms with Gasteiger partial charge in [-0.1, -0.05) is 0 Å². The van der Waals surface area contributed by atoms with E-state index in [0.717, 1.165) is 30.3 Å². The van der Waals surface area contributed by atoms with Gasteiger partial charge in [-0.25, -0.2) is 4.98 Å². The van der Waals surface area contributed by atoms with Gasteiger partial charge in [-0.05, 0) is 38.0 Å². The van der Waals surface area contributed by atoms with E-state index in [1.165, 1.54) is 6.08 Å². The zero-order valence-electron chi connectivity index (χ0n) is 16.9. The van der Waals surface area contributed by atoms with Crippen molar-refractivity contribution < 1.29 is 4.74 Å². The molecule has 6 N–H and O–H groups in total. The van der Waals surface area contributed by atoms with Crippen LogP contribution in [0, 0.1) is 16.7 Å². The first-order chi connectivity index (χ1) is 14.5. The van der Waals surface area contributed by atoms with Gasteiger partial charge in [0.15, 0.2) is 0 Å². The lowest BCUT2D eigenvalue weighted by Gasteiger charge is -2.34. The van der Waals surface area contributed by atoms with Crippen LogP contribution < -0.4 is 16.5 Å². The van der Waals surface area contributed by atoms with Gasteiger partial charge in [0.1, 0.15) is 17.0 Å². The van der Waals surface area contributed by atoms with Crippen molar-refractivity contribution in [2.24, 2.45) is 22.6 Å². The number of morpholine rings is 1. The summed E-state index contributed by atoms with van der Waals surface area (Å²) in [5.41, 5.74) is 9.24. The van der Waals surface area contributed by atoms with Crippen molar-refractivity contribution in [2.45, 2.75) is 25.8 Å². The molecule has 0 aromatic carbocycles. The topological polar surface area (TPSA) is 150 Å². The van der Waals surface area contributed by atoms with Crippen LogP contribution in [0.25, 0.3) is 16.6 Å². The Bertz CT molecular complexity index is 1060. The highest BCUT2D eigenvalue weighted by Crippen LogP contribution is 2.34. The van der Waals surface area contributed by atoms with E-state index in [4.69, 9.17) is 32.1 Å². The summed E-state index contributed by atoms with van der Waals surface area (Å²) in [5, 5.41) is 20.9. The summed E-state index contributed by atoms with van der Waals surface area (Å²) in [5.74, 6) is 6.63. The maximum atomic E-state index is 8.87. The zero-order valence-corrected chi connectivity index (χ0v) is 16.9. The number of hydrazone groups is 1. The first kappa shape index (κ1) is 20.0. The Morgan fingerprint density at radius 2 is 2.20 bits per heavy atom. The molecule has 2 aromatic rings. The molecule has 1 aliphatic carbocycles. The van der Waals surface area contributed by atoms with E-state index in [1.54, 1.807) is 6.20 Å². The molecule has 0 spiro atoms. The monoisotopic (exact) mass is 406 g/mol. The Morgan fingerprint density at radius 3 is 2.87 bits per heavy atom. The summed E-state index contributed by atoms with van der Waals surface area (Å²) in [7, 11) is 0. The van der Waals surface area contributed by atoms with Crippen molar-refractivity contribution in [1.29, 1.82) is 10.8 Å². The normalized spacial score (nSPS) is 20.4. The minimum atomic E-state index is 0.145. The molecule has 0 amide bonds. The molecule has 1 aliphatic heterocycles. The zero-order chi connectivity index (χ0) is 21.3. The van der Waals surface area contributed by atoms with Gasteiger partial charge in [-0.2, -0.15) is 5.10 Å². The molecular formula is C21H26N8O. The van der Waals surface area contributed by atoms with Gasteiger partial charge in [0, 0.05) is 35.8 Å². The standard InChI is InChI=1S/C21H26N8O/c1-12-11-30-9-8-29(12)17-10-15(18(24)19(28-25)13-2-3-13)14-5-7-26-21(20(14)27-17)16(23)4-6-22/h4-7,10,12-13,22,24H,2-3,8-9,11,23,25H2,1H3/b16-4-,22-6?,24-18?,28-19?/t12-/m1/s1. The van der Waals surface area contributed by atoms with E-state index in [0.29, 0.717) is 53.7 Å². The number of rotatable bonds is 6. The van der Waals surface area contributed by atoms with Gasteiger partial charge in [-0.15, -0.1) is 0 Å². The van der Waals surface area contributed by atoms with E-state index >= 15 is 0 Å². The minimum Gasteiger partial charge on any atom is -0.397 e. The lowest BCUT2D eigenvalue weighted by atomic mass is 9.98. The third-order valence-electron chi connectivity index (χ3n) is 5.54. The molecule has 0 bridgehead atoms. The van der Waals surface area contributed by atoms with Gasteiger partial charge in [0.25, 0.3) is 0 Å². The number of hydrogen-bond donors (Lipinski definition) is 4. The molecule has 1 saturated heterocycles. The Morgan fingerprint density at radius 1 is 1.40 bits per heavy atom. The number of nitrogens with one attached hydrogen (secondary N) is 2. The van der Waals surface area contributed by atoms with Crippen molar-refractivity contribution >= 4 is 40.1 Å². The van der Waals surface area contributed by atoms with Gasteiger partial charge in [0.05, 0.1) is 36.4 Å². The summed E-state index contributed by atoms with van der Waals surface area (Å²) in [6.07, 6.45) is 6.25. The fraction of sp³-hybridized carbons (Fsp3) is 0.381. The molecular weight excluding hydrogens is 380 g/mol. The van der Waals surface area contributed by atoms with Crippen molar-refractivity contribution in [2.75, 3.05) is 24.7 Å².